The molecule has 0 saturated heterocycles. The van der Waals surface area contributed by atoms with E-state index < -0.39 is 0 Å². The Morgan fingerprint density at radius 2 is 0.960 bits per heavy atom. The Morgan fingerprint density at radius 1 is 0.360 bits per heavy atom. The van der Waals surface area contributed by atoms with Crippen LogP contribution < -0.4 is 4.90 Å². The normalized spacial score (nSPS) is 12.0. The molecule has 0 aliphatic heterocycles. The average Bonchev–Trinajstić information content (AvgIpc) is 3.86. The first-order chi connectivity index (χ1) is 24.7. The summed E-state index contributed by atoms with van der Waals surface area (Å²) in [6.45, 7) is 0. The molecule has 11 rings (SSSR count). The van der Waals surface area contributed by atoms with Crippen LogP contribution in [0.2, 0.25) is 0 Å². The minimum absolute atomic E-state index is 0.865. The van der Waals surface area contributed by atoms with Crippen molar-refractivity contribution < 1.29 is 8.83 Å². The average molecular weight is 658 g/mol. The Kier molecular flexibility index (Phi) is 5.83. The number of thiophene rings is 1. The van der Waals surface area contributed by atoms with Gasteiger partial charge in [-0.05, 0) is 88.6 Å². The zero-order valence-electron chi connectivity index (χ0n) is 26.8. The molecule has 3 aromatic heterocycles. The summed E-state index contributed by atoms with van der Waals surface area (Å²) in [4.78, 5) is 2.30. The number of hydrogen-bond acceptors (Lipinski definition) is 4. The quantitative estimate of drug-likeness (QED) is 0.189. The summed E-state index contributed by atoms with van der Waals surface area (Å²) in [6, 6.07) is 58.4. The fourth-order valence-corrected chi connectivity index (χ4v) is 8.86. The summed E-state index contributed by atoms with van der Waals surface area (Å²) in [6.07, 6.45) is 0. The summed E-state index contributed by atoms with van der Waals surface area (Å²) in [5, 5.41) is 9.66. The van der Waals surface area contributed by atoms with Crippen molar-refractivity contribution in [2.75, 3.05) is 4.90 Å². The third kappa shape index (κ3) is 4.16. The van der Waals surface area contributed by atoms with Gasteiger partial charge < -0.3 is 13.7 Å². The zero-order valence-corrected chi connectivity index (χ0v) is 27.6. The van der Waals surface area contributed by atoms with E-state index in [0.717, 1.165) is 60.9 Å². The van der Waals surface area contributed by atoms with Crippen molar-refractivity contribution in [2.45, 2.75) is 0 Å². The van der Waals surface area contributed by atoms with E-state index in [1.165, 1.54) is 42.1 Å². The Labute approximate surface area is 290 Å². The van der Waals surface area contributed by atoms with Crippen LogP contribution in [0.3, 0.4) is 0 Å². The van der Waals surface area contributed by atoms with Gasteiger partial charge in [0.1, 0.15) is 22.3 Å². The van der Waals surface area contributed by atoms with Gasteiger partial charge in [-0.25, -0.2) is 0 Å². The Bertz CT molecular complexity index is 3110. The van der Waals surface area contributed by atoms with Crippen LogP contribution in [-0.2, 0) is 0 Å². The molecule has 0 unspecified atom stereocenters. The lowest BCUT2D eigenvalue weighted by Gasteiger charge is -2.25. The maximum absolute atomic E-state index is 6.35. The van der Waals surface area contributed by atoms with Crippen LogP contribution in [0.1, 0.15) is 0 Å². The van der Waals surface area contributed by atoms with Gasteiger partial charge in [0.2, 0.25) is 0 Å². The molecule has 0 spiro atoms. The molecule has 3 heterocycles. The maximum Gasteiger partial charge on any atom is 0.137 e. The number of furan rings is 2. The smallest absolute Gasteiger partial charge is 0.137 e. The number of benzene rings is 8. The van der Waals surface area contributed by atoms with Gasteiger partial charge >= 0.3 is 0 Å². The minimum atomic E-state index is 0.865. The maximum atomic E-state index is 6.35. The second-order valence-electron chi connectivity index (χ2n) is 12.9. The molecule has 0 N–H and O–H groups in total. The molecule has 50 heavy (non-hydrogen) atoms. The molecular formula is C46H27NO2S. The van der Waals surface area contributed by atoms with Crippen LogP contribution in [0.25, 0.3) is 85.9 Å². The summed E-state index contributed by atoms with van der Waals surface area (Å²) in [5.41, 5.74) is 9.04. The lowest BCUT2D eigenvalue weighted by molar-refractivity contribution is 0.668. The number of anilines is 3. The topological polar surface area (TPSA) is 29.5 Å². The Morgan fingerprint density at radius 3 is 1.80 bits per heavy atom. The highest BCUT2D eigenvalue weighted by Gasteiger charge is 2.18. The van der Waals surface area contributed by atoms with E-state index >= 15 is 0 Å². The Balaban J connectivity index is 1.05. The summed E-state index contributed by atoms with van der Waals surface area (Å²) >= 11 is 1.88. The third-order valence-corrected chi connectivity index (χ3v) is 11.3. The molecule has 0 atom stereocenters. The number of fused-ring (bicyclic) bond motifs is 11. The molecule has 0 saturated carbocycles. The first-order valence-electron chi connectivity index (χ1n) is 16.8. The van der Waals surface area contributed by atoms with Crippen LogP contribution >= 0.6 is 11.3 Å². The van der Waals surface area contributed by atoms with Crippen LogP contribution in [-0.4, -0.2) is 0 Å². The molecule has 8 aromatic carbocycles. The Hall–Kier alpha value is -6.36. The van der Waals surface area contributed by atoms with Gasteiger partial charge in [-0.1, -0.05) is 91.0 Å². The monoisotopic (exact) mass is 657 g/mol. The van der Waals surface area contributed by atoms with E-state index in [1.807, 2.05) is 35.6 Å². The molecular weight excluding hydrogens is 631 g/mol. The summed E-state index contributed by atoms with van der Waals surface area (Å²) < 4.78 is 15.2. The molecule has 0 bridgehead atoms. The molecule has 3 nitrogen and oxygen atoms in total. The van der Waals surface area contributed by atoms with Crippen LogP contribution in [0.5, 0.6) is 0 Å². The highest BCUT2D eigenvalue weighted by atomic mass is 32.1. The van der Waals surface area contributed by atoms with Gasteiger partial charge in [-0.15, -0.1) is 11.3 Å². The predicted octanol–water partition coefficient (Wildman–Crippen LogP) is 14.1. The van der Waals surface area contributed by atoms with Gasteiger partial charge in [0, 0.05) is 64.8 Å². The number of rotatable bonds is 4. The van der Waals surface area contributed by atoms with E-state index in [0.29, 0.717) is 0 Å². The van der Waals surface area contributed by atoms with Crippen LogP contribution in [0.4, 0.5) is 17.1 Å². The van der Waals surface area contributed by atoms with Crippen molar-refractivity contribution in [1.82, 2.24) is 0 Å². The second-order valence-corrected chi connectivity index (χ2v) is 14.0. The lowest BCUT2D eigenvalue weighted by Crippen LogP contribution is -2.09. The van der Waals surface area contributed by atoms with E-state index in [4.69, 9.17) is 8.83 Å². The highest BCUT2D eigenvalue weighted by molar-refractivity contribution is 7.26. The van der Waals surface area contributed by atoms with E-state index in [-0.39, 0.29) is 0 Å². The number of hydrogen-bond donors (Lipinski definition) is 0. The minimum Gasteiger partial charge on any atom is -0.456 e. The molecule has 0 aliphatic carbocycles. The van der Waals surface area contributed by atoms with E-state index in [2.05, 4.69) is 144 Å². The van der Waals surface area contributed by atoms with Gasteiger partial charge in [-0.3, -0.25) is 0 Å². The van der Waals surface area contributed by atoms with Gasteiger partial charge in [0.15, 0.2) is 0 Å². The summed E-state index contributed by atoms with van der Waals surface area (Å²) in [7, 11) is 0. The molecule has 11 aromatic rings. The zero-order chi connectivity index (χ0) is 32.8. The molecule has 0 amide bonds. The van der Waals surface area contributed by atoms with Crippen LogP contribution in [0, 0.1) is 0 Å². The fraction of sp³-hybridized carbons (Fsp3) is 0. The number of para-hydroxylation sites is 2. The van der Waals surface area contributed by atoms with Crippen molar-refractivity contribution in [3.8, 4) is 11.1 Å². The highest BCUT2D eigenvalue weighted by Crippen LogP contribution is 2.43. The molecule has 0 aliphatic rings. The lowest BCUT2D eigenvalue weighted by atomic mass is 10.0. The largest absolute Gasteiger partial charge is 0.456 e. The summed E-state index contributed by atoms with van der Waals surface area (Å²) in [5.74, 6) is 0. The van der Waals surface area contributed by atoms with Gasteiger partial charge in [0.05, 0.1) is 0 Å². The SMILES string of the molecule is c1ccc2c(c1)ccc1c3cc(-c4ccc(N(c5ccc6c(c5)oc5ccccc56)c5ccc6oc7ccccc7c6c5)cc4)ccc3sc21. The van der Waals surface area contributed by atoms with Gasteiger partial charge in [0.25, 0.3) is 0 Å². The van der Waals surface area contributed by atoms with Crippen LogP contribution in [0.15, 0.2) is 173 Å². The first kappa shape index (κ1) is 27.6. The molecule has 234 valence electrons. The third-order valence-electron chi connectivity index (χ3n) is 10.1. The molecule has 0 radical (unpaired) electrons. The molecule has 4 heteroatoms. The van der Waals surface area contributed by atoms with E-state index in [9.17, 15) is 0 Å². The standard InChI is InChI=1S/C46H27NO2S/c1-2-8-34-29(7-1)15-21-38-40-25-30(16-24-45(40)50-46(34)38)28-13-17-31(18-14-28)47(32-20-23-43-39(26-32)36-10-4-6-12-42(36)48-43)33-19-22-37-35-9-3-5-11-41(35)49-44(37)27-33/h1-27H. The van der Waals surface area contributed by atoms with Crippen molar-refractivity contribution in [3.05, 3.63) is 164 Å². The number of nitrogens with zero attached hydrogens (tertiary/aromatic N) is 1. The van der Waals surface area contributed by atoms with Crippen molar-refractivity contribution in [1.29, 1.82) is 0 Å². The van der Waals surface area contributed by atoms with Gasteiger partial charge in [-0.2, -0.15) is 0 Å². The van der Waals surface area contributed by atoms with Crippen molar-refractivity contribution in [2.24, 2.45) is 0 Å². The van der Waals surface area contributed by atoms with Crippen molar-refractivity contribution in [3.63, 3.8) is 0 Å². The predicted molar refractivity (Wildman–Crippen MR) is 212 cm³/mol. The van der Waals surface area contributed by atoms with E-state index in [1.54, 1.807) is 0 Å². The van der Waals surface area contributed by atoms with Crippen molar-refractivity contribution >= 4 is 103 Å². The first-order valence-corrected chi connectivity index (χ1v) is 17.6. The fourth-order valence-electron chi connectivity index (χ4n) is 7.64. The molecule has 0 fully saturated rings. The second kappa shape index (κ2) is 10.6.